The molecule has 0 spiro atoms. The fourth-order valence-corrected chi connectivity index (χ4v) is 4.52. The molecule has 0 aromatic heterocycles. The van der Waals surface area contributed by atoms with Gasteiger partial charge in [0.15, 0.2) is 0 Å². The van der Waals surface area contributed by atoms with Crippen molar-refractivity contribution >= 4 is 12.4 Å². The van der Waals surface area contributed by atoms with Crippen LogP contribution in [0, 0.1) is 23.7 Å². The SMILES string of the molecule is CC1CC2CC3CC(C2)CC1(N)C3.Cl. The van der Waals surface area contributed by atoms with Crippen molar-refractivity contribution in [1.82, 2.24) is 0 Å². The monoisotopic (exact) mass is 215 g/mol. The van der Waals surface area contributed by atoms with E-state index in [-0.39, 0.29) is 17.9 Å². The van der Waals surface area contributed by atoms with Crippen LogP contribution in [-0.4, -0.2) is 5.54 Å². The highest BCUT2D eigenvalue weighted by molar-refractivity contribution is 5.85. The zero-order valence-electron chi connectivity index (χ0n) is 9.04. The zero-order chi connectivity index (χ0) is 9.05. The predicted octanol–water partition coefficient (Wildman–Crippen LogP) is 2.97. The summed E-state index contributed by atoms with van der Waals surface area (Å²) in [5.41, 5.74) is 6.80. The first-order chi connectivity index (χ1) is 6.16. The van der Waals surface area contributed by atoms with Gasteiger partial charge in [-0.2, -0.15) is 0 Å². The van der Waals surface area contributed by atoms with Gasteiger partial charge in [-0.05, 0) is 62.2 Å². The van der Waals surface area contributed by atoms with Gasteiger partial charge >= 0.3 is 0 Å². The third-order valence-electron chi connectivity index (χ3n) is 5.01. The zero-order valence-corrected chi connectivity index (χ0v) is 9.85. The lowest BCUT2D eigenvalue weighted by atomic mass is 9.64. The first kappa shape index (κ1) is 10.8. The average molecular weight is 216 g/mol. The van der Waals surface area contributed by atoms with E-state index in [1.165, 1.54) is 38.5 Å². The average Bonchev–Trinajstić information content (AvgIpc) is 2.12. The molecule has 3 atom stereocenters. The second-order valence-electron chi connectivity index (χ2n) is 6.08. The lowest BCUT2D eigenvalue weighted by Gasteiger charge is -2.44. The van der Waals surface area contributed by atoms with Crippen molar-refractivity contribution in [3.8, 4) is 0 Å². The van der Waals surface area contributed by atoms with Gasteiger partial charge in [0.2, 0.25) is 0 Å². The van der Waals surface area contributed by atoms with Gasteiger partial charge in [0.05, 0.1) is 0 Å². The van der Waals surface area contributed by atoms with Crippen molar-refractivity contribution in [2.45, 2.75) is 51.0 Å². The summed E-state index contributed by atoms with van der Waals surface area (Å²) in [4.78, 5) is 0. The summed E-state index contributed by atoms with van der Waals surface area (Å²) < 4.78 is 0. The van der Waals surface area contributed by atoms with Crippen molar-refractivity contribution in [2.24, 2.45) is 29.4 Å². The van der Waals surface area contributed by atoms with Crippen LogP contribution in [0.5, 0.6) is 0 Å². The Balaban J connectivity index is 0.000000750. The maximum atomic E-state index is 6.56. The highest BCUT2D eigenvalue weighted by atomic mass is 35.5. The molecule has 0 aliphatic heterocycles. The van der Waals surface area contributed by atoms with Gasteiger partial charge in [0.1, 0.15) is 0 Å². The van der Waals surface area contributed by atoms with Crippen LogP contribution in [0.15, 0.2) is 0 Å². The quantitative estimate of drug-likeness (QED) is 0.661. The molecule has 4 aliphatic carbocycles. The van der Waals surface area contributed by atoms with Crippen LogP contribution in [0.1, 0.15) is 45.4 Å². The van der Waals surface area contributed by atoms with E-state index >= 15 is 0 Å². The van der Waals surface area contributed by atoms with E-state index in [1.807, 2.05) is 0 Å². The summed E-state index contributed by atoms with van der Waals surface area (Å²) in [5, 5.41) is 0. The molecule has 2 heteroatoms. The molecular formula is C12H22ClN. The number of rotatable bonds is 0. The highest BCUT2D eigenvalue weighted by Gasteiger charge is 2.48. The normalized spacial score (nSPS) is 55.3. The number of fused-ring (bicyclic) bond motifs is 1. The standard InChI is InChI=1S/C12H21N.ClH/c1-8-2-9-3-10-5-11(4-9)7-12(8,13)6-10;/h8-11H,2-7,13H2,1H3;1H. The summed E-state index contributed by atoms with van der Waals surface area (Å²) in [5.74, 6) is 3.80. The van der Waals surface area contributed by atoms with Crippen molar-refractivity contribution in [1.29, 1.82) is 0 Å². The molecule has 0 aromatic rings. The minimum Gasteiger partial charge on any atom is -0.325 e. The largest absolute Gasteiger partial charge is 0.325 e. The molecule has 4 saturated carbocycles. The van der Waals surface area contributed by atoms with Crippen molar-refractivity contribution in [3.63, 3.8) is 0 Å². The fourth-order valence-electron chi connectivity index (χ4n) is 4.52. The minimum atomic E-state index is 0. The second-order valence-corrected chi connectivity index (χ2v) is 6.08. The van der Waals surface area contributed by atoms with Crippen molar-refractivity contribution in [2.75, 3.05) is 0 Å². The number of hydrogen-bond acceptors (Lipinski definition) is 1. The van der Waals surface area contributed by atoms with E-state index in [9.17, 15) is 0 Å². The Morgan fingerprint density at radius 2 is 1.43 bits per heavy atom. The molecule has 0 saturated heterocycles. The second kappa shape index (κ2) is 3.38. The summed E-state index contributed by atoms with van der Waals surface area (Å²) in [6.07, 6.45) is 8.59. The first-order valence-corrected chi connectivity index (χ1v) is 5.94. The molecule has 2 N–H and O–H groups in total. The maximum absolute atomic E-state index is 6.56. The van der Waals surface area contributed by atoms with Gasteiger partial charge in [0.25, 0.3) is 0 Å². The third-order valence-corrected chi connectivity index (χ3v) is 5.01. The Bertz CT molecular complexity index is 214. The summed E-state index contributed by atoms with van der Waals surface area (Å²) in [7, 11) is 0. The van der Waals surface area contributed by atoms with Crippen LogP contribution in [0.4, 0.5) is 0 Å². The first-order valence-electron chi connectivity index (χ1n) is 5.94. The van der Waals surface area contributed by atoms with E-state index in [0.29, 0.717) is 0 Å². The topological polar surface area (TPSA) is 26.0 Å². The van der Waals surface area contributed by atoms with E-state index in [4.69, 9.17) is 5.73 Å². The van der Waals surface area contributed by atoms with Crippen LogP contribution >= 0.6 is 12.4 Å². The van der Waals surface area contributed by atoms with E-state index in [1.54, 1.807) is 0 Å². The Labute approximate surface area is 93.2 Å². The molecule has 4 rings (SSSR count). The van der Waals surface area contributed by atoms with Crippen LogP contribution in [-0.2, 0) is 0 Å². The number of halogens is 1. The van der Waals surface area contributed by atoms with Crippen LogP contribution < -0.4 is 5.73 Å². The Morgan fingerprint density at radius 1 is 0.929 bits per heavy atom. The molecule has 0 radical (unpaired) electrons. The maximum Gasteiger partial charge on any atom is 0.0185 e. The Morgan fingerprint density at radius 3 is 2.00 bits per heavy atom. The van der Waals surface area contributed by atoms with Gasteiger partial charge in [-0.15, -0.1) is 12.4 Å². The molecule has 0 aromatic carbocycles. The van der Waals surface area contributed by atoms with Gasteiger partial charge in [-0.1, -0.05) is 6.92 Å². The van der Waals surface area contributed by atoms with Crippen LogP contribution in [0.2, 0.25) is 0 Å². The smallest absolute Gasteiger partial charge is 0.0185 e. The van der Waals surface area contributed by atoms with E-state index in [0.717, 1.165) is 23.7 Å². The molecule has 4 fully saturated rings. The molecule has 0 heterocycles. The van der Waals surface area contributed by atoms with Gasteiger partial charge < -0.3 is 5.73 Å². The van der Waals surface area contributed by atoms with Crippen molar-refractivity contribution < 1.29 is 0 Å². The molecule has 14 heavy (non-hydrogen) atoms. The summed E-state index contributed by atoms with van der Waals surface area (Å²) in [6.45, 7) is 2.39. The molecular weight excluding hydrogens is 194 g/mol. The lowest BCUT2D eigenvalue weighted by molar-refractivity contribution is 0.105. The molecule has 4 bridgehead atoms. The predicted molar refractivity (Wildman–Crippen MR) is 61.5 cm³/mol. The molecule has 3 unspecified atom stereocenters. The Hall–Kier alpha value is 0.250. The highest BCUT2D eigenvalue weighted by Crippen LogP contribution is 2.53. The van der Waals surface area contributed by atoms with E-state index in [2.05, 4.69) is 6.92 Å². The van der Waals surface area contributed by atoms with Gasteiger partial charge in [-0.25, -0.2) is 0 Å². The van der Waals surface area contributed by atoms with Crippen LogP contribution in [0.25, 0.3) is 0 Å². The number of hydrogen-bond donors (Lipinski definition) is 1. The molecule has 82 valence electrons. The summed E-state index contributed by atoms with van der Waals surface area (Å²) >= 11 is 0. The summed E-state index contributed by atoms with van der Waals surface area (Å²) in [6, 6.07) is 0. The van der Waals surface area contributed by atoms with Crippen LogP contribution in [0.3, 0.4) is 0 Å². The molecule has 1 nitrogen and oxygen atoms in total. The number of nitrogens with two attached hydrogens (primary N) is 1. The molecule has 4 aliphatic rings. The fraction of sp³-hybridized carbons (Fsp3) is 1.00. The molecule has 0 amide bonds. The third kappa shape index (κ3) is 1.49. The van der Waals surface area contributed by atoms with Gasteiger partial charge in [-0.3, -0.25) is 0 Å². The Kier molecular flexibility index (Phi) is 2.60. The lowest BCUT2D eigenvalue weighted by Crippen LogP contribution is -2.50. The minimum absolute atomic E-state index is 0. The van der Waals surface area contributed by atoms with E-state index < -0.39 is 0 Å². The van der Waals surface area contributed by atoms with Crippen molar-refractivity contribution in [3.05, 3.63) is 0 Å². The van der Waals surface area contributed by atoms with Gasteiger partial charge in [0, 0.05) is 5.54 Å².